The molecule has 0 saturated heterocycles. The average Bonchev–Trinajstić information content (AvgIpc) is 3.25. The van der Waals surface area contributed by atoms with Gasteiger partial charge in [-0.25, -0.2) is 4.79 Å². The van der Waals surface area contributed by atoms with Gasteiger partial charge in [0.1, 0.15) is 11.3 Å². The Morgan fingerprint density at radius 2 is 1.77 bits per heavy atom. The van der Waals surface area contributed by atoms with Gasteiger partial charge in [-0.1, -0.05) is 45.9 Å². The van der Waals surface area contributed by atoms with Crippen LogP contribution in [0.15, 0.2) is 40.8 Å². The molecule has 186 valence electrons. The summed E-state index contributed by atoms with van der Waals surface area (Å²) in [6, 6.07) is 12.1. The van der Waals surface area contributed by atoms with Crippen LogP contribution in [0.2, 0.25) is 0 Å². The van der Waals surface area contributed by atoms with E-state index in [2.05, 4.69) is 38.1 Å². The molecule has 0 aliphatic heterocycles. The molecule has 0 spiro atoms. The van der Waals surface area contributed by atoms with Gasteiger partial charge < -0.3 is 14.3 Å². The normalized spacial score (nSPS) is 18.1. The Morgan fingerprint density at radius 1 is 1.09 bits per heavy atom. The number of carboxylic acid groups (broad SMARTS) is 1. The van der Waals surface area contributed by atoms with Gasteiger partial charge in [0.2, 0.25) is 5.76 Å². The lowest BCUT2D eigenvalue weighted by atomic mass is 9.70. The summed E-state index contributed by atoms with van der Waals surface area (Å²) in [7, 11) is 0. The number of aromatic carboxylic acids is 1. The van der Waals surface area contributed by atoms with Crippen molar-refractivity contribution in [2.45, 2.75) is 85.2 Å². The van der Waals surface area contributed by atoms with Gasteiger partial charge in [0.05, 0.1) is 0 Å². The fourth-order valence-corrected chi connectivity index (χ4v) is 5.71. The fraction of sp³-hybridized carbons (Fsp3) is 0.467. The summed E-state index contributed by atoms with van der Waals surface area (Å²) in [5.41, 5.74) is 4.30. The summed E-state index contributed by atoms with van der Waals surface area (Å²) in [5, 5.41) is 10.2. The molecular formula is C30H36O5. The molecule has 5 heteroatoms. The lowest BCUT2D eigenvalue weighted by Gasteiger charge is -2.35. The van der Waals surface area contributed by atoms with E-state index in [9.17, 15) is 14.7 Å². The quantitative estimate of drug-likeness (QED) is 0.385. The Bertz CT molecular complexity index is 1280. The summed E-state index contributed by atoms with van der Waals surface area (Å²) in [6.07, 6.45) is 4.04. The van der Waals surface area contributed by atoms with Crippen LogP contribution in [0, 0.1) is 19.3 Å². The molecule has 1 aliphatic rings. The van der Waals surface area contributed by atoms with E-state index in [1.807, 2.05) is 33.8 Å². The third-order valence-corrected chi connectivity index (χ3v) is 8.00. The number of rotatable bonds is 7. The van der Waals surface area contributed by atoms with E-state index >= 15 is 0 Å². The highest BCUT2D eigenvalue weighted by atomic mass is 16.5. The first kappa shape index (κ1) is 25.0. The third-order valence-electron chi connectivity index (χ3n) is 8.00. The number of carboxylic acids is 1. The van der Waals surface area contributed by atoms with Gasteiger partial charge in [0, 0.05) is 16.2 Å². The van der Waals surface area contributed by atoms with Gasteiger partial charge in [0.25, 0.3) is 0 Å². The molecule has 0 radical (unpaired) electrons. The topological polar surface area (TPSA) is 76.7 Å². The number of Topliss-reactive ketones (excluding diaryl/α,β-unsaturated/α-hetero) is 1. The van der Waals surface area contributed by atoms with Crippen LogP contribution in [0.3, 0.4) is 0 Å². The van der Waals surface area contributed by atoms with E-state index in [-0.39, 0.29) is 28.5 Å². The summed E-state index contributed by atoms with van der Waals surface area (Å²) in [6.45, 7) is 12.4. The molecule has 0 bridgehead atoms. The molecule has 0 amide bonds. The number of carbonyl (C=O) groups is 2. The Morgan fingerprint density at radius 3 is 2.40 bits per heavy atom. The fourth-order valence-electron chi connectivity index (χ4n) is 5.71. The number of hydrogen-bond acceptors (Lipinski definition) is 4. The molecule has 2 aromatic carbocycles. The summed E-state index contributed by atoms with van der Waals surface area (Å²) in [5.74, 6) is -0.158. The standard InChI is InChI=1S/C30H36O5/c1-7-30(8-2,22-15-19(4)26-20(16-22)17-25(35-26)28(32)33)21-11-12-23(18(3)14-21)34-24-10-9-13-29(5,6)27(24)31/h11-12,14-17,24H,7-10,13H2,1-6H3,(H,32,33). The van der Waals surface area contributed by atoms with Crippen LogP contribution >= 0.6 is 0 Å². The highest BCUT2D eigenvalue weighted by Crippen LogP contribution is 2.43. The first-order valence-corrected chi connectivity index (χ1v) is 12.6. The van der Waals surface area contributed by atoms with Crippen LogP contribution < -0.4 is 4.74 Å². The first-order chi connectivity index (χ1) is 16.5. The lowest BCUT2D eigenvalue weighted by molar-refractivity contribution is -0.137. The third kappa shape index (κ3) is 4.37. The van der Waals surface area contributed by atoms with Crippen LogP contribution in [0.1, 0.15) is 92.6 Å². The highest BCUT2D eigenvalue weighted by Gasteiger charge is 2.39. The maximum Gasteiger partial charge on any atom is 0.371 e. The number of ether oxygens (including phenoxy) is 1. The Balaban J connectivity index is 1.72. The largest absolute Gasteiger partial charge is 0.482 e. The van der Waals surface area contributed by atoms with Crippen molar-refractivity contribution < 1.29 is 23.8 Å². The van der Waals surface area contributed by atoms with E-state index in [0.29, 0.717) is 5.58 Å². The van der Waals surface area contributed by atoms with Gasteiger partial charge in [-0.05, 0) is 86.4 Å². The van der Waals surface area contributed by atoms with Gasteiger partial charge >= 0.3 is 5.97 Å². The number of carbonyl (C=O) groups excluding carboxylic acids is 1. The molecule has 35 heavy (non-hydrogen) atoms. The molecule has 1 fully saturated rings. The lowest BCUT2D eigenvalue weighted by Crippen LogP contribution is -2.42. The van der Waals surface area contributed by atoms with Crippen molar-refractivity contribution in [3.63, 3.8) is 0 Å². The predicted molar refractivity (Wildman–Crippen MR) is 138 cm³/mol. The molecule has 1 N–H and O–H groups in total. The SMILES string of the molecule is CCC(CC)(c1ccc(OC2CCCC(C)(C)C2=O)c(C)c1)c1cc(C)c2oc(C(=O)O)cc2c1. The minimum absolute atomic E-state index is 0.0448. The van der Waals surface area contributed by atoms with Crippen molar-refractivity contribution in [1.29, 1.82) is 0 Å². The molecule has 3 aromatic rings. The van der Waals surface area contributed by atoms with E-state index in [1.54, 1.807) is 6.07 Å². The van der Waals surface area contributed by atoms with Crippen molar-refractivity contribution >= 4 is 22.7 Å². The molecule has 1 atom stereocenters. The second kappa shape index (κ2) is 9.18. The molecule has 1 unspecified atom stereocenters. The highest BCUT2D eigenvalue weighted by molar-refractivity contribution is 5.93. The molecule has 1 aromatic heterocycles. The van der Waals surface area contributed by atoms with Crippen LogP contribution in [-0.4, -0.2) is 23.0 Å². The van der Waals surface area contributed by atoms with Crippen LogP contribution in [0.5, 0.6) is 5.75 Å². The second-order valence-corrected chi connectivity index (χ2v) is 10.6. The van der Waals surface area contributed by atoms with Gasteiger partial charge in [-0.15, -0.1) is 0 Å². The minimum Gasteiger partial charge on any atom is -0.482 e. The number of ketones is 1. The number of hydrogen-bond donors (Lipinski definition) is 1. The Labute approximate surface area is 207 Å². The molecule has 5 nitrogen and oxygen atoms in total. The van der Waals surface area contributed by atoms with Crippen molar-refractivity contribution in [3.05, 3.63) is 64.4 Å². The second-order valence-electron chi connectivity index (χ2n) is 10.6. The molecule has 1 aliphatic carbocycles. The number of benzene rings is 2. The minimum atomic E-state index is -1.06. The van der Waals surface area contributed by atoms with E-state index in [0.717, 1.165) is 59.9 Å². The van der Waals surface area contributed by atoms with E-state index in [1.165, 1.54) is 5.56 Å². The summed E-state index contributed by atoms with van der Waals surface area (Å²) < 4.78 is 11.8. The number of aryl methyl sites for hydroxylation is 2. The monoisotopic (exact) mass is 476 g/mol. The van der Waals surface area contributed by atoms with Gasteiger partial charge in [-0.3, -0.25) is 4.79 Å². The van der Waals surface area contributed by atoms with Crippen LogP contribution in [-0.2, 0) is 10.2 Å². The number of fused-ring (bicyclic) bond motifs is 1. The maximum atomic E-state index is 12.9. The van der Waals surface area contributed by atoms with Crippen molar-refractivity contribution in [2.24, 2.45) is 5.41 Å². The Hall–Kier alpha value is -3.08. The maximum absolute atomic E-state index is 12.9. The van der Waals surface area contributed by atoms with Crippen molar-refractivity contribution in [1.82, 2.24) is 0 Å². The predicted octanol–water partition coefficient (Wildman–Crippen LogP) is 7.38. The summed E-state index contributed by atoms with van der Waals surface area (Å²) in [4.78, 5) is 24.3. The molecular weight excluding hydrogens is 440 g/mol. The van der Waals surface area contributed by atoms with Crippen molar-refractivity contribution in [3.8, 4) is 5.75 Å². The zero-order valence-electron chi connectivity index (χ0n) is 21.7. The number of furan rings is 1. The zero-order chi connectivity index (χ0) is 25.5. The van der Waals surface area contributed by atoms with Gasteiger partial charge in [-0.2, -0.15) is 0 Å². The van der Waals surface area contributed by atoms with Crippen LogP contribution in [0.4, 0.5) is 0 Å². The Kier molecular flexibility index (Phi) is 6.56. The molecule has 4 rings (SSSR count). The first-order valence-electron chi connectivity index (χ1n) is 12.6. The molecule has 1 heterocycles. The van der Waals surface area contributed by atoms with E-state index in [4.69, 9.17) is 9.15 Å². The van der Waals surface area contributed by atoms with Gasteiger partial charge in [0.15, 0.2) is 11.9 Å². The van der Waals surface area contributed by atoms with Crippen LogP contribution in [0.25, 0.3) is 11.0 Å². The average molecular weight is 477 g/mol. The zero-order valence-corrected chi connectivity index (χ0v) is 21.7. The van der Waals surface area contributed by atoms with Crippen molar-refractivity contribution in [2.75, 3.05) is 0 Å². The molecule has 1 saturated carbocycles. The smallest absolute Gasteiger partial charge is 0.371 e. The summed E-state index contributed by atoms with van der Waals surface area (Å²) >= 11 is 0. The van der Waals surface area contributed by atoms with E-state index < -0.39 is 5.97 Å².